The van der Waals surface area contributed by atoms with Crippen molar-refractivity contribution in [3.63, 3.8) is 0 Å². The molecule has 0 amide bonds. The minimum atomic E-state index is 0.720. The van der Waals surface area contributed by atoms with Gasteiger partial charge in [0.15, 0.2) is 0 Å². The Balaban J connectivity index is 1.95. The molecule has 3 heteroatoms. The molecular weight excluding hydrogens is 246 g/mol. The number of piperazine rings is 1. The fourth-order valence-electron chi connectivity index (χ4n) is 4.12. The molecular formula is C17H35N3. The highest BCUT2D eigenvalue weighted by molar-refractivity contribution is 4.93. The summed E-state index contributed by atoms with van der Waals surface area (Å²) in [5.74, 6) is 0.902. The summed E-state index contributed by atoms with van der Waals surface area (Å²) >= 11 is 0. The van der Waals surface area contributed by atoms with Gasteiger partial charge in [-0.2, -0.15) is 0 Å². The van der Waals surface area contributed by atoms with E-state index in [9.17, 15) is 0 Å². The fraction of sp³-hybridized carbons (Fsp3) is 1.00. The lowest BCUT2D eigenvalue weighted by atomic mass is 9.82. The van der Waals surface area contributed by atoms with Crippen molar-refractivity contribution in [1.82, 2.24) is 15.1 Å². The maximum Gasteiger partial charge on any atom is 0.0253 e. The van der Waals surface area contributed by atoms with Gasteiger partial charge in [0.1, 0.15) is 0 Å². The van der Waals surface area contributed by atoms with E-state index in [0.29, 0.717) is 0 Å². The highest BCUT2D eigenvalue weighted by atomic mass is 15.3. The van der Waals surface area contributed by atoms with Gasteiger partial charge in [0, 0.05) is 37.8 Å². The van der Waals surface area contributed by atoms with Gasteiger partial charge in [0.05, 0.1) is 0 Å². The molecule has 0 aromatic rings. The van der Waals surface area contributed by atoms with E-state index in [1.165, 1.54) is 58.4 Å². The van der Waals surface area contributed by atoms with Crippen molar-refractivity contribution < 1.29 is 0 Å². The topological polar surface area (TPSA) is 18.5 Å². The number of likely N-dealkylation sites (N-methyl/N-ethyl adjacent to an activating group) is 1. The first kappa shape index (κ1) is 16.3. The lowest BCUT2D eigenvalue weighted by Crippen LogP contribution is -2.60. The largest absolute Gasteiger partial charge is 0.312 e. The minimum absolute atomic E-state index is 0.720. The molecule has 1 saturated carbocycles. The van der Waals surface area contributed by atoms with Crippen LogP contribution in [0.3, 0.4) is 0 Å². The first-order chi connectivity index (χ1) is 9.65. The Kier molecular flexibility index (Phi) is 6.31. The van der Waals surface area contributed by atoms with Crippen molar-refractivity contribution in [1.29, 1.82) is 0 Å². The van der Waals surface area contributed by atoms with Gasteiger partial charge in [-0.25, -0.2) is 0 Å². The third-order valence-corrected chi connectivity index (χ3v) is 5.41. The molecule has 4 unspecified atom stereocenters. The van der Waals surface area contributed by atoms with Crippen LogP contribution in [-0.4, -0.2) is 60.6 Å². The van der Waals surface area contributed by atoms with Gasteiger partial charge in [0.2, 0.25) is 0 Å². The normalized spacial score (nSPS) is 37.2. The third-order valence-electron chi connectivity index (χ3n) is 5.41. The van der Waals surface area contributed by atoms with E-state index >= 15 is 0 Å². The molecule has 2 aliphatic rings. The van der Waals surface area contributed by atoms with Crippen molar-refractivity contribution in [2.24, 2.45) is 5.92 Å². The first-order valence-electron chi connectivity index (χ1n) is 8.87. The van der Waals surface area contributed by atoms with E-state index in [-0.39, 0.29) is 0 Å². The Labute approximate surface area is 126 Å². The summed E-state index contributed by atoms with van der Waals surface area (Å²) in [6, 6.07) is 2.22. The summed E-state index contributed by atoms with van der Waals surface area (Å²) in [7, 11) is 0. The molecule has 1 aliphatic heterocycles. The maximum atomic E-state index is 3.82. The number of nitrogens with zero attached hydrogens (tertiary/aromatic N) is 2. The van der Waals surface area contributed by atoms with Crippen LogP contribution in [0.2, 0.25) is 0 Å². The predicted octanol–water partition coefficient (Wildman–Crippen LogP) is 2.57. The molecule has 2 fully saturated rings. The standard InChI is InChI=1S/C17H35N3/c1-5-9-18-16-8-7-14(3)12-17(16)20-11-10-19(6-2)15(4)13-20/h14-18H,5-13H2,1-4H3. The second-order valence-corrected chi connectivity index (χ2v) is 7.02. The molecule has 1 saturated heterocycles. The van der Waals surface area contributed by atoms with Crippen molar-refractivity contribution in [2.45, 2.75) is 71.5 Å². The molecule has 0 aromatic carbocycles. The fourth-order valence-corrected chi connectivity index (χ4v) is 4.12. The SMILES string of the molecule is CCCNC1CCC(C)CC1N1CCN(CC)C(C)C1. The van der Waals surface area contributed by atoms with Crippen molar-refractivity contribution in [3.05, 3.63) is 0 Å². The summed E-state index contributed by atoms with van der Waals surface area (Å²) in [6.45, 7) is 15.6. The number of rotatable bonds is 5. The second-order valence-electron chi connectivity index (χ2n) is 7.02. The lowest BCUT2D eigenvalue weighted by Gasteiger charge is -2.48. The van der Waals surface area contributed by atoms with E-state index in [2.05, 4.69) is 42.8 Å². The molecule has 0 radical (unpaired) electrons. The van der Waals surface area contributed by atoms with Crippen LogP contribution in [0, 0.1) is 5.92 Å². The molecule has 1 N–H and O–H groups in total. The van der Waals surface area contributed by atoms with E-state index in [1.807, 2.05) is 0 Å². The van der Waals surface area contributed by atoms with Crippen molar-refractivity contribution in [3.8, 4) is 0 Å². The molecule has 118 valence electrons. The molecule has 4 atom stereocenters. The van der Waals surface area contributed by atoms with Crippen LogP contribution in [0.5, 0.6) is 0 Å². The first-order valence-corrected chi connectivity index (χ1v) is 8.87. The quantitative estimate of drug-likeness (QED) is 0.835. The highest BCUT2D eigenvalue weighted by Crippen LogP contribution is 2.29. The van der Waals surface area contributed by atoms with Crippen LogP contribution in [0.25, 0.3) is 0 Å². The Morgan fingerprint density at radius 1 is 1.10 bits per heavy atom. The molecule has 1 heterocycles. The Bertz CT molecular complexity index is 279. The zero-order chi connectivity index (χ0) is 14.5. The van der Waals surface area contributed by atoms with Gasteiger partial charge in [-0.15, -0.1) is 0 Å². The third kappa shape index (κ3) is 3.96. The lowest BCUT2D eigenvalue weighted by molar-refractivity contribution is 0.0248. The number of hydrogen-bond donors (Lipinski definition) is 1. The minimum Gasteiger partial charge on any atom is -0.312 e. The molecule has 0 aromatic heterocycles. The van der Waals surface area contributed by atoms with Gasteiger partial charge in [-0.05, 0) is 51.6 Å². The van der Waals surface area contributed by atoms with Crippen molar-refractivity contribution in [2.75, 3.05) is 32.7 Å². The summed E-state index contributed by atoms with van der Waals surface area (Å²) in [4.78, 5) is 5.41. The smallest absolute Gasteiger partial charge is 0.0253 e. The Morgan fingerprint density at radius 3 is 2.55 bits per heavy atom. The van der Waals surface area contributed by atoms with E-state index < -0.39 is 0 Å². The van der Waals surface area contributed by atoms with Gasteiger partial charge in [-0.3, -0.25) is 9.80 Å². The molecule has 3 nitrogen and oxygen atoms in total. The van der Waals surface area contributed by atoms with E-state index in [1.54, 1.807) is 0 Å². The second kappa shape index (κ2) is 7.77. The zero-order valence-corrected chi connectivity index (χ0v) is 14.1. The molecule has 1 aliphatic carbocycles. The summed E-state index contributed by atoms with van der Waals surface area (Å²) in [5, 5.41) is 3.82. The van der Waals surface area contributed by atoms with Crippen LogP contribution in [0.1, 0.15) is 53.4 Å². The average molecular weight is 281 g/mol. The van der Waals surface area contributed by atoms with Crippen LogP contribution in [0.4, 0.5) is 0 Å². The summed E-state index contributed by atoms with van der Waals surface area (Å²) in [5.41, 5.74) is 0. The van der Waals surface area contributed by atoms with Gasteiger partial charge in [-0.1, -0.05) is 20.8 Å². The maximum absolute atomic E-state index is 3.82. The summed E-state index contributed by atoms with van der Waals surface area (Å²) < 4.78 is 0. The average Bonchev–Trinajstić information content (AvgIpc) is 2.46. The Hall–Kier alpha value is -0.120. The van der Waals surface area contributed by atoms with Crippen molar-refractivity contribution >= 4 is 0 Å². The van der Waals surface area contributed by atoms with Gasteiger partial charge in [0.25, 0.3) is 0 Å². The van der Waals surface area contributed by atoms with Crippen LogP contribution in [0.15, 0.2) is 0 Å². The van der Waals surface area contributed by atoms with Gasteiger partial charge >= 0.3 is 0 Å². The predicted molar refractivity (Wildman–Crippen MR) is 87.2 cm³/mol. The number of nitrogens with one attached hydrogen (secondary N) is 1. The number of hydrogen-bond acceptors (Lipinski definition) is 3. The van der Waals surface area contributed by atoms with Crippen LogP contribution < -0.4 is 5.32 Å². The highest BCUT2D eigenvalue weighted by Gasteiger charge is 2.35. The molecule has 2 rings (SSSR count). The monoisotopic (exact) mass is 281 g/mol. The Morgan fingerprint density at radius 2 is 1.90 bits per heavy atom. The van der Waals surface area contributed by atoms with Gasteiger partial charge < -0.3 is 5.32 Å². The molecule has 0 bridgehead atoms. The van der Waals surface area contributed by atoms with E-state index in [0.717, 1.165) is 24.0 Å². The summed E-state index contributed by atoms with van der Waals surface area (Å²) in [6.07, 6.45) is 5.41. The van der Waals surface area contributed by atoms with E-state index in [4.69, 9.17) is 0 Å². The van der Waals surface area contributed by atoms with Crippen LogP contribution >= 0.6 is 0 Å². The molecule has 20 heavy (non-hydrogen) atoms. The zero-order valence-electron chi connectivity index (χ0n) is 14.1. The van der Waals surface area contributed by atoms with Crippen LogP contribution in [-0.2, 0) is 0 Å². The molecule has 0 spiro atoms.